The van der Waals surface area contributed by atoms with Crippen LogP contribution in [-0.2, 0) is 8.85 Å². The van der Waals surface area contributed by atoms with Gasteiger partial charge in [-0.3, -0.25) is 0 Å². The predicted molar refractivity (Wildman–Crippen MR) is 50.0 cm³/mol. The van der Waals surface area contributed by atoms with Crippen molar-refractivity contribution in [2.75, 3.05) is 13.7 Å². The van der Waals surface area contributed by atoms with Crippen molar-refractivity contribution in [3.8, 4) is 0 Å². The highest BCUT2D eigenvalue weighted by Crippen LogP contribution is 2.01. The van der Waals surface area contributed by atoms with Gasteiger partial charge in [0.2, 0.25) is 0 Å². The summed E-state index contributed by atoms with van der Waals surface area (Å²) >= 11 is 0. The number of rotatable bonds is 6. The van der Waals surface area contributed by atoms with E-state index in [1.54, 1.807) is 7.11 Å². The lowest BCUT2D eigenvalue weighted by atomic mass is 10.4. The zero-order chi connectivity index (χ0) is 8.69. The van der Waals surface area contributed by atoms with Crippen LogP contribution in [0.25, 0.3) is 0 Å². The van der Waals surface area contributed by atoms with Crippen molar-refractivity contribution in [1.29, 1.82) is 0 Å². The first kappa shape index (κ1) is 10.9. The van der Waals surface area contributed by atoms with Crippen LogP contribution in [-0.4, -0.2) is 23.0 Å². The van der Waals surface area contributed by atoms with Crippen molar-refractivity contribution in [3.05, 3.63) is 12.2 Å². The predicted octanol–water partition coefficient (Wildman–Crippen LogP) is 1.86. The Balaban J connectivity index is 3.43. The Morgan fingerprint density at radius 3 is 2.55 bits per heavy atom. The van der Waals surface area contributed by atoms with Gasteiger partial charge >= 0.3 is 9.28 Å². The lowest BCUT2D eigenvalue weighted by Crippen LogP contribution is -2.21. The number of hydrogen-bond acceptors (Lipinski definition) is 2. The van der Waals surface area contributed by atoms with E-state index in [9.17, 15) is 0 Å². The average Bonchev–Trinajstić information content (AvgIpc) is 1.97. The molecule has 2 nitrogen and oxygen atoms in total. The Labute approximate surface area is 71.1 Å². The zero-order valence-corrected chi connectivity index (χ0v) is 8.88. The van der Waals surface area contributed by atoms with Crippen molar-refractivity contribution < 1.29 is 8.85 Å². The van der Waals surface area contributed by atoms with E-state index >= 15 is 0 Å². The lowest BCUT2D eigenvalue weighted by molar-refractivity contribution is 0.247. The second-order valence-corrected chi connectivity index (χ2v) is 4.96. The van der Waals surface area contributed by atoms with Crippen LogP contribution in [0.4, 0.5) is 0 Å². The lowest BCUT2D eigenvalue weighted by Gasteiger charge is -2.12. The maximum Gasteiger partial charge on any atom is 0.321 e. The zero-order valence-electron chi connectivity index (χ0n) is 7.72. The van der Waals surface area contributed by atoms with Gasteiger partial charge in [0.05, 0.1) is 6.61 Å². The molecular weight excluding hydrogens is 156 g/mol. The summed E-state index contributed by atoms with van der Waals surface area (Å²) < 4.78 is 10.7. The van der Waals surface area contributed by atoms with Gasteiger partial charge in [-0.2, -0.15) is 0 Å². The first-order chi connectivity index (χ1) is 5.20. The van der Waals surface area contributed by atoms with Gasteiger partial charge in [-0.25, -0.2) is 0 Å². The van der Waals surface area contributed by atoms with Crippen LogP contribution in [0.15, 0.2) is 12.2 Å². The maximum absolute atomic E-state index is 5.51. The van der Waals surface area contributed by atoms with Gasteiger partial charge in [0.1, 0.15) is 0 Å². The van der Waals surface area contributed by atoms with Crippen LogP contribution in [0.5, 0.6) is 0 Å². The molecule has 0 aliphatic rings. The largest absolute Gasteiger partial charge is 0.400 e. The minimum Gasteiger partial charge on any atom is -0.400 e. The molecule has 0 N–H and O–H groups in total. The summed E-state index contributed by atoms with van der Waals surface area (Å²) in [5.74, 6) is 0. The molecule has 0 aromatic carbocycles. The summed E-state index contributed by atoms with van der Waals surface area (Å²) in [6, 6.07) is 1.09. The third-order valence-corrected chi connectivity index (χ3v) is 3.42. The van der Waals surface area contributed by atoms with E-state index < -0.39 is 9.28 Å². The van der Waals surface area contributed by atoms with Crippen LogP contribution in [0.3, 0.4) is 0 Å². The molecule has 3 heteroatoms. The third-order valence-electron chi connectivity index (χ3n) is 1.30. The van der Waals surface area contributed by atoms with Crippen LogP contribution in [0.2, 0.25) is 6.04 Å². The molecule has 11 heavy (non-hydrogen) atoms. The van der Waals surface area contributed by atoms with Crippen molar-refractivity contribution in [3.63, 3.8) is 0 Å². The van der Waals surface area contributed by atoms with Gasteiger partial charge in [0.25, 0.3) is 0 Å². The van der Waals surface area contributed by atoms with Crippen molar-refractivity contribution >= 4 is 9.28 Å². The SMILES string of the molecule is C=C(C)CO[SiH](CCC)OC. The Kier molecular flexibility index (Phi) is 6.50. The Hall–Kier alpha value is -0.123. The molecule has 1 atom stereocenters. The maximum atomic E-state index is 5.51. The van der Waals surface area contributed by atoms with E-state index in [2.05, 4.69) is 13.5 Å². The second kappa shape index (κ2) is 6.58. The molecule has 0 rings (SSSR count). The van der Waals surface area contributed by atoms with Gasteiger partial charge in [0, 0.05) is 7.11 Å². The highest BCUT2D eigenvalue weighted by Gasteiger charge is 2.08. The molecule has 0 aromatic heterocycles. The molecule has 66 valence electrons. The molecule has 1 unspecified atom stereocenters. The van der Waals surface area contributed by atoms with E-state index in [0.717, 1.165) is 18.0 Å². The molecule has 0 saturated carbocycles. The van der Waals surface area contributed by atoms with Gasteiger partial charge in [-0.15, -0.1) is 0 Å². The summed E-state index contributed by atoms with van der Waals surface area (Å²) in [4.78, 5) is 0. The average molecular weight is 174 g/mol. The fourth-order valence-electron chi connectivity index (χ4n) is 0.740. The molecule has 0 spiro atoms. The molecule has 0 bridgehead atoms. The van der Waals surface area contributed by atoms with Crippen molar-refractivity contribution in [1.82, 2.24) is 0 Å². The van der Waals surface area contributed by atoms with Crippen LogP contribution in [0, 0.1) is 0 Å². The molecule has 0 fully saturated rings. The smallest absolute Gasteiger partial charge is 0.321 e. The standard InChI is InChI=1S/C8H18O2Si/c1-5-6-11(9-4)10-7-8(2)3/h11H,2,5-7H2,1,3-4H3. The summed E-state index contributed by atoms with van der Waals surface area (Å²) in [5.41, 5.74) is 1.07. The second-order valence-electron chi connectivity index (χ2n) is 2.72. The highest BCUT2D eigenvalue weighted by atomic mass is 28.3. The summed E-state index contributed by atoms with van der Waals surface area (Å²) in [7, 11) is 0.397. The Morgan fingerprint density at radius 2 is 2.18 bits per heavy atom. The molecule has 0 aliphatic heterocycles. The van der Waals surface area contributed by atoms with Crippen LogP contribution in [0.1, 0.15) is 20.3 Å². The molecule has 0 aliphatic carbocycles. The normalized spacial score (nSPS) is 13.0. The monoisotopic (exact) mass is 174 g/mol. The van der Waals surface area contributed by atoms with Gasteiger partial charge in [-0.05, 0) is 13.0 Å². The third kappa shape index (κ3) is 6.28. The quantitative estimate of drug-likeness (QED) is 0.452. The van der Waals surface area contributed by atoms with E-state index in [4.69, 9.17) is 8.85 Å². The molecule has 0 radical (unpaired) electrons. The first-order valence-corrected chi connectivity index (χ1v) is 5.75. The van der Waals surface area contributed by atoms with Gasteiger partial charge in [-0.1, -0.05) is 25.5 Å². The molecular formula is C8H18O2Si. The van der Waals surface area contributed by atoms with E-state index in [-0.39, 0.29) is 0 Å². The van der Waals surface area contributed by atoms with Crippen LogP contribution >= 0.6 is 0 Å². The van der Waals surface area contributed by atoms with E-state index in [1.807, 2.05) is 6.92 Å². The highest BCUT2D eigenvalue weighted by molar-refractivity contribution is 6.44. The fraction of sp³-hybridized carbons (Fsp3) is 0.750. The minimum atomic E-state index is -1.33. The number of hydrogen-bond donors (Lipinski definition) is 0. The van der Waals surface area contributed by atoms with Crippen molar-refractivity contribution in [2.45, 2.75) is 26.3 Å². The Morgan fingerprint density at radius 1 is 1.55 bits per heavy atom. The van der Waals surface area contributed by atoms with Crippen molar-refractivity contribution in [2.24, 2.45) is 0 Å². The molecule has 0 saturated heterocycles. The summed E-state index contributed by atoms with van der Waals surface area (Å²) in [6.45, 7) is 8.53. The first-order valence-electron chi connectivity index (χ1n) is 3.99. The van der Waals surface area contributed by atoms with Gasteiger partial charge < -0.3 is 8.85 Å². The summed E-state index contributed by atoms with van der Waals surface area (Å²) in [5, 5.41) is 0. The molecule has 0 heterocycles. The summed E-state index contributed by atoms with van der Waals surface area (Å²) in [6.07, 6.45) is 1.14. The topological polar surface area (TPSA) is 18.5 Å². The molecule has 0 amide bonds. The molecule has 0 aromatic rings. The fourth-order valence-corrected chi connectivity index (χ4v) is 2.22. The van der Waals surface area contributed by atoms with E-state index in [1.165, 1.54) is 0 Å². The van der Waals surface area contributed by atoms with E-state index in [0.29, 0.717) is 6.61 Å². The Bertz CT molecular complexity index is 115. The van der Waals surface area contributed by atoms with Crippen LogP contribution < -0.4 is 0 Å². The minimum absolute atomic E-state index is 0.657. The van der Waals surface area contributed by atoms with Gasteiger partial charge in [0.15, 0.2) is 0 Å².